The van der Waals surface area contributed by atoms with Crippen LogP contribution < -0.4 is 4.90 Å². The van der Waals surface area contributed by atoms with Crippen molar-refractivity contribution in [2.24, 2.45) is 0 Å². The molecule has 0 fully saturated rings. The minimum absolute atomic E-state index is 0.0959. The van der Waals surface area contributed by atoms with Crippen LogP contribution in [0.3, 0.4) is 0 Å². The van der Waals surface area contributed by atoms with Gasteiger partial charge in [-0.1, -0.05) is 30.3 Å². The molecule has 0 saturated carbocycles. The van der Waals surface area contributed by atoms with Gasteiger partial charge in [0.25, 0.3) is 0 Å². The third-order valence-corrected chi connectivity index (χ3v) is 3.69. The van der Waals surface area contributed by atoms with Crippen molar-refractivity contribution in [1.82, 2.24) is 0 Å². The summed E-state index contributed by atoms with van der Waals surface area (Å²) in [6.45, 7) is 1.01. The van der Waals surface area contributed by atoms with Crippen molar-refractivity contribution in [2.75, 3.05) is 11.4 Å². The summed E-state index contributed by atoms with van der Waals surface area (Å²) in [6, 6.07) is 16.3. The topological polar surface area (TPSA) is 40.5 Å². The summed E-state index contributed by atoms with van der Waals surface area (Å²) in [7, 11) is 0. The van der Waals surface area contributed by atoms with Crippen molar-refractivity contribution < 1.29 is 9.90 Å². The van der Waals surface area contributed by atoms with Crippen molar-refractivity contribution in [2.45, 2.75) is 19.3 Å². The first kappa shape index (κ1) is 12.7. The van der Waals surface area contributed by atoms with Crippen LogP contribution in [0, 0.1) is 0 Å². The largest absolute Gasteiger partial charge is 0.481 e. The molecule has 0 spiro atoms. The van der Waals surface area contributed by atoms with Crippen molar-refractivity contribution in [3.05, 3.63) is 59.7 Å². The molecule has 20 heavy (non-hydrogen) atoms. The molecule has 0 saturated heterocycles. The Morgan fingerprint density at radius 2 is 1.95 bits per heavy atom. The molecule has 3 rings (SSSR count). The molecular formula is C17H17NO2. The van der Waals surface area contributed by atoms with E-state index in [1.54, 1.807) is 0 Å². The molecule has 0 unspecified atom stereocenters. The first-order valence-corrected chi connectivity index (χ1v) is 6.90. The first-order chi connectivity index (χ1) is 9.74. The lowest BCUT2D eigenvalue weighted by Crippen LogP contribution is -2.24. The van der Waals surface area contributed by atoms with Crippen LogP contribution in [0.15, 0.2) is 48.5 Å². The second-order valence-electron chi connectivity index (χ2n) is 5.12. The number of anilines is 2. The SMILES string of the molecule is O=C(O)Cc1ccc2c(c1)CCCN2c1ccccc1. The van der Waals surface area contributed by atoms with Gasteiger partial charge >= 0.3 is 5.97 Å². The predicted octanol–water partition coefficient (Wildman–Crippen LogP) is 3.40. The summed E-state index contributed by atoms with van der Waals surface area (Å²) in [5.74, 6) is -0.777. The molecule has 0 aliphatic carbocycles. The molecular weight excluding hydrogens is 250 g/mol. The first-order valence-electron chi connectivity index (χ1n) is 6.90. The number of hydrogen-bond donors (Lipinski definition) is 1. The van der Waals surface area contributed by atoms with Gasteiger partial charge < -0.3 is 10.0 Å². The zero-order valence-corrected chi connectivity index (χ0v) is 11.2. The number of benzene rings is 2. The second-order valence-corrected chi connectivity index (χ2v) is 5.12. The lowest BCUT2D eigenvalue weighted by atomic mass is 9.97. The number of carbonyl (C=O) groups is 1. The van der Waals surface area contributed by atoms with Crippen molar-refractivity contribution >= 4 is 17.3 Å². The number of rotatable bonds is 3. The van der Waals surface area contributed by atoms with E-state index in [0.717, 1.165) is 24.9 Å². The summed E-state index contributed by atoms with van der Waals surface area (Å²) in [5.41, 5.74) is 4.53. The van der Waals surface area contributed by atoms with E-state index < -0.39 is 5.97 Å². The standard InChI is InChI=1S/C17H17NO2/c19-17(20)12-13-8-9-16-14(11-13)5-4-10-18(16)15-6-2-1-3-7-15/h1-3,6-9,11H,4-5,10,12H2,(H,19,20). The smallest absolute Gasteiger partial charge is 0.307 e. The Bertz CT molecular complexity index is 622. The highest BCUT2D eigenvalue weighted by molar-refractivity contribution is 5.72. The van der Waals surface area contributed by atoms with E-state index in [4.69, 9.17) is 5.11 Å². The fourth-order valence-corrected chi connectivity index (χ4v) is 2.81. The minimum atomic E-state index is -0.777. The third-order valence-electron chi connectivity index (χ3n) is 3.69. The highest BCUT2D eigenvalue weighted by Crippen LogP contribution is 2.33. The molecule has 0 atom stereocenters. The molecule has 1 aliphatic heterocycles. The maximum atomic E-state index is 10.8. The van der Waals surface area contributed by atoms with Crippen LogP contribution in [0.2, 0.25) is 0 Å². The second kappa shape index (κ2) is 5.37. The quantitative estimate of drug-likeness (QED) is 0.926. The molecule has 3 nitrogen and oxygen atoms in total. The normalized spacial score (nSPS) is 13.9. The Labute approximate surface area is 118 Å². The Kier molecular flexibility index (Phi) is 3.42. The summed E-state index contributed by atoms with van der Waals surface area (Å²) in [5, 5.41) is 8.89. The van der Waals surface area contributed by atoms with Gasteiger partial charge in [-0.2, -0.15) is 0 Å². The predicted molar refractivity (Wildman–Crippen MR) is 79.6 cm³/mol. The van der Waals surface area contributed by atoms with E-state index in [1.165, 1.54) is 16.9 Å². The molecule has 0 aromatic heterocycles. The van der Waals surface area contributed by atoms with Gasteiger partial charge in [0.15, 0.2) is 0 Å². The van der Waals surface area contributed by atoms with Crippen LogP contribution in [-0.4, -0.2) is 17.6 Å². The summed E-state index contributed by atoms with van der Waals surface area (Å²) in [4.78, 5) is 13.1. The number of fused-ring (bicyclic) bond motifs is 1. The van der Waals surface area contributed by atoms with Crippen LogP contribution >= 0.6 is 0 Å². The molecule has 2 aromatic rings. The van der Waals surface area contributed by atoms with Crippen LogP contribution in [0.25, 0.3) is 0 Å². The maximum Gasteiger partial charge on any atom is 0.307 e. The zero-order chi connectivity index (χ0) is 13.9. The number of aryl methyl sites for hydroxylation is 1. The summed E-state index contributed by atoms with van der Waals surface area (Å²) < 4.78 is 0. The van der Waals surface area contributed by atoms with E-state index in [0.29, 0.717) is 0 Å². The summed E-state index contributed by atoms with van der Waals surface area (Å²) in [6.07, 6.45) is 2.21. The maximum absolute atomic E-state index is 10.8. The number of para-hydroxylation sites is 1. The fourth-order valence-electron chi connectivity index (χ4n) is 2.81. The van der Waals surface area contributed by atoms with Crippen molar-refractivity contribution in [1.29, 1.82) is 0 Å². The molecule has 0 bridgehead atoms. The molecule has 0 radical (unpaired) electrons. The van der Waals surface area contributed by atoms with E-state index >= 15 is 0 Å². The van der Waals surface area contributed by atoms with E-state index in [1.807, 2.05) is 30.3 Å². The molecule has 3 heteroatoms. The zero-order valence-electron chi connectivity index (χ0n) is 11.2. The van der Waals surface area contributed by atoms with Gasteiger partial charge in [-0.3, -0.25) is 4.79 Å². The molecule has 0 amide bonds. The Balaban J connectivity index is 1.95. The Morgan fingerprint density at radius 1 is 1.15 bits per heavy atom. The van der Waals surface area contributed by atoms with Crippen LogP contribution in [0.5, 0.6) is 0 Å². The third kappa shape index (κ3) is 2.52. The van der Waals surface area contributed by atoms with Gasteiger partial charge in [0, 0.05) is 17.9 Å². The van der Waals surface area contributed by atoms with Gasteiger partial charge in [0.2, 0.25) is 0 Å². The molecule has 1 aliphatic rings. The highest BCUT2D eigenvalue weighted by Gasteiger charge is 2.18. The molecule has 1 N–H and O–H groups in total. The van der Waals surface area contributed by atoms with E-state index in [9.17, 15) is 4.79 Å². The van der Waals surface area contributed by atoms with Crippen molar-refractivity contribution in [3.63, 3.8) is 0 Å². The average molecular weight is 267 g/mol. The minimum Gasteiger partial charge on any atom is -0.481 e. The van der Waals surface area contributed by atoms with Crippen LogP contribution in [0.1, 0.15) is 17.5 Å². The number of nitrogens with zero attached hydrogens (tertiary/aromatic N) is 1. The lowest BCUT2D eigenvalue weighted by molar-refractivity contribution is -0.136. The lowest BCUT2D eigenvalue weighted by Gasteiger charge is -2.31. The molecule has 1 heterocycles. The van der Waals surface area contributed by atoms with E-state index in [2.05, 4.69) is 23.1 Å². The number of hydrogen-bond acceptors (Lipinski definition) is 2. The van der Waals surface area contributed by atoms with Gasteiger partial charge in [-0.15, -0.1) is 0 Å². The number of aliphatic carboxylic acids is 1. The van der Waals surface area contributed by atoms with E-state index in [-0.39, 0.29) is 6.42 Å². The van der Waals surface area contributed by atoms with Gasteiger partial charge in [0.1, 0.15) is 0 Å². The summed E-state index contributed by atoms with van der Waals surface area (Å²) >= 11 is 0. The van der Waals surface area contributed by atoms with Gasteiger partial charge in [-0.25, -0.2) is 0 Å². The van der Waals surface area contributed by atoms with Gasteiger partial charge in [0.05, 0.1) is 6.42 Å². The average Bonchev–Trinajstić information content (AvgIpc) is 2.46. The Hall–Kier alpha value is -2.29. The molecule has 2 aromatic carbocycles. The highest BCUT2D eigenvalue weighted by atomic mass is 16.4. The van der Waals surface area contributed by atoms with Crippen LogP contribution in [-0.2, 0) is 17.6 Å². The monoisotopic (exact) mass is 267 g/mol. The Morgan fingerprint density at radius 3 is 2.70 bits per heavy atom. The van der Waals surface area contributed by atoms with Gasteiger partial charge in [-0.05, 0) is 42.2 Å². The fraction of sp³-hybridized carbons (Fsp3) is 0.235. The number of carboxylic acids is 1. The number of carboxylic acid groups (broad SMARTS) is 1. The molecule has 102 valence electrons. The van der Waals surface area contributed by atoms with Crippen molar-refractivity contribution in [3.8, 4) is 0 Å². The van der Waals surface area contributed by atoms with Crippen LogP contribution in [0.4, 0.5) is 11.4 Å².